The molecule has 0 spiro atoms. The van der Waals surface area contributed by atoms with Crippen LogP contribution in [0.25, 0.3) is 0 Å². The molecule has 5 nitrogen and oxygen atoms in total. The fraction of sp³-hybridized carbons (Fsp3) is 0.364. The predicted molar refractivity (Wildman–Crippen MR) is 102 cm³/mol. The van der Waals surface area contributed by atoms with Crippen molar-refractivity contribution in [3.63, 3.8) is 0 Å². The molecule has 2 amide bonds. The molecule has 0 aliphatic carbocycles. The van der Waals surface area contributed by atoms with Gasteiger partial charge in [-0.1, -0.05) is 42.5 Å². The zero-order chi connectivity index (χ0) is 18.6. The van der Waals surface area contributed by atoms with E-state index in [1.165, 1.54) is 0 Å². The molecule has 0 radical (unpaired) electrons. The predicted octanol–water partition coefficient (Wildman–Crippen LogP) is 3.02. The number of hydrogen-bond acceptors (Lipinski definition) is 3. The van der Waals surface area contributed by atoms with E-state index in [2.05, 4.69) is 0 Å². The van der Waals surface area contributed by atoms with E-state index >= 15 is 0 Å². The van der Waals surface area contributed by atoms with Gasteiger partial charge in [0.15, 0.2) is 0 Å². The molecule has 2 aliphatic heterocycles. The first kappa shape index (κ1) is 17.7. The van der Waals surface area contributed by atoms with Gasteiger partial charge in [-0.15, -0.1) is 0 Å². The van der Waals surface area contributed by atoms with Crippen LogP contribution in [0.2, 0.25) is 0 Å². The third-order valence-corrected chi connectivity index (χ3v) is 5.24. The first-order valence-electron chi connectivity index (χ1n) is 9.53. The lowest BCUT2D eigenvalue weighted by molar-refractivity contribution is -0.128. The van der Waals surface area contributed by atoms with Gasteiger partial charge in [0, 0.05) is 31.6 Å². The molecule has 1 atom stereocenters. The highest BCUT2D eigenvalue weighted by Crippen LogP contribution is 2.23. The van der Waals surface area contributed by atoms with Gasteiger partial charge in [0.2, 0.25) is 5.91 Å². The molecule has 0 aromatic heterocycles. The molecule has 0 saturated carbocycles. The number of likely N-dealkylation sites (tertiary alicyclic amines) is 1. The van der Waals surface area contributed by atoms with Crippen molar-refractivity contribution in [1.82, 2.24) is 9.80 Å². The Morgan fingerprint density at radius 1 is 1.07 bits per heavy atom. The molecule has 1 unspecified atom stereocenters. The van der Waals surface area contributed by atoms with Crippen LogP contribution in [0.3, 0.4) is 0 Å². The number of rotatable bonds is 4. The van der Waals surface area contributed by atoms with Crippen LogP contribution < -0.4 is 0 Å². The Bertz CT molecular complexity index is 821. The van der Waals surface area contributed by atoms with Crippen LogP contribution in [-0.4, -0.2) is 47.9 Å². The molecule has 2 aromatic carbocycles. The highest BCUT2D eigenvalue weighted by Gasteiger charge is 2.26. The van der Waals surface area contributed by atoms with Crippen molar-refractivity contribution in [3.05, 3.63) is 71.3 Å². The monoisotopic (exact) mass is 364 g/mol. The Morgan fingerprint density at radius 3 is 2.70 bits per heavy atom. The standard InChI is InChI=1S/C22H24N2O3/c25-21-10-5-11-23(21)15-17-6-4-9-19(14-17)22(26)24-12-13-27-20(16-24)18-7-2-1-3-8-18/h1-4,6-9,14,20H,5,10-13,15-16H2. The van der Waals surface area contributed by atoms with E-state index in [0.717, 1.165) is 24.1 Å². The highest BCUT2D eigenvalue weighted by molar-refractivity contribution is 5.94. The molecule has 4 rings (SSSR count). The molecule has 0 N–H and O–H groups in total. The molecule has 2 heterocycles. The first-order chi connectivity index (χ1) is 13.2. The lowest BCUT2D eigenvalue weighted by atomic mass is 10.1. The minimum Gasteiger partial charge on any atom is -0.370 e. The smallest absolute Gasteiger partial charge is 0.254 e. The maximum Gasteiger partial charge on any atom is 0.254 e. The zero-order valence-electron chi connectivity index (χ0n) is 15.3. The largest absolute Gasteiger partial charge is 0.370 e. The van der Waals surface area contributed by atoms with Crippen LogP contribution in [0.15, 0.2) is 54.6 Å². The van der Waals surface area contributed by atoms with Gasteiger partial charge in [-0.2, -0.15) is 0 Å². The topological polar surface area (TPSA) is 49.9 Å². The zero-order valence-corrected chi connectivity index (χ0v) is 15.3. The summed E-state index contributed by atoms with van der Waals surface area (Å²) in [7, 11) is 0. The van der Waals surface area contributed by atoms with Crippen LogP contribution in [0.5, 0.6) is 0 Å². The molecule has 0 bridgehead atoms. The number of nitrogens with zero attached hydrogens (tertiary/aromatic N) is 2. The van der Waals surface area contributed by atoms with E-state index in [4.69, 9.17) is 4.74 Å². The highest BCUT2D eigenvalue weighted by atomic mass is 16.5. The number of benzene rings is 2. The van der Waals surface area contributed by atoms with Crippen molar-refractivity contribution < 1.29 is 14.3 Å². The van der Waals surface area contributed by atoms with Crippen LogP contribution in [0.1, 0.15) is 40.4 Å². The molecule has 140 valence electrons. The number of morpholine rings is 1. The minimum absolute atomic E-state index is 0.0221. The summed E-state index contributed by atoms with van der Waals surface area (Å²) in [5.41, 5.74) is 2.77. The van der Waals surface area contributed by atoms with E-state index in [0.29, 0.717) is 38.2 Å². The first-order valence-corrected chi connectivity index (χ1v) is 9.53. The quantitative estimate of drug-likeness (QED) is 0.838. The second-order valence-corrected chi connectivity index (χ2v) is 7.14. The molecule has 2 fully saturated rings. The third kappa shape index (κ3) is 4.03. The van der Waals surface area contributed by atoms with Gasteiger partial charge in [0.05, 0.1) is 13.2 Å². The van der Waals surface area contributed by atoms with Gasteiger partial charge in [-0.25, -0.2) is 0 Å². The summed E-state index contributed by atoms with van der Waals surface area (Å²) >= 11 is 0. The lowest BCUT2D eigenvalue weighted by Gasteiger charge is -2.33. The van der Waals surface area contributed by atoms with E-state index in [1.54, 1.807) is 0 Å². The number of ether oxygens (including phenoxy) is 1. The number of carbonyl (C=O) groups excluding carboxylic acids is 2. The van der Waals surface area contributed by atoms with Gasteiger partial charge >= 0.3 is 0 Å². The average molecular weight is 364 g/mol. The van der Waals surface area contributed by atoms with Crippen LogP contribution >= 0.6 is 0 Å². The SMILES string of the molecule is O=C1CCCN1Cc1cccc(C(=O)N2CCOC(c3ccccc3)C2)c1. The second-order valence-electron chi connectivity index (χ2n) is 7.14. The summed E-state index contributed by atoms with van der Waals surface area (Å²) in [4.78, 5) is 28.6. The molecule has 5 heteroatoms. The van der Waals surface area contributed by atoms with E-state index < -0.39 is 0 Å². The van der Waals surface area contributed by atoms with Crippen LogP contribution in [0.4, 0.5) is 0 Å². The molecular formula is C22H24N2O3. The maximum absolute atomic E-state index is 13.0. The van der Waals surface area contributed by atoms with Gasteiger partial charge < -0.3 is 14.5 Å². The number of amides is 2. The summed E-state index contributed by atoms with van der Waals surface area (Å²) in [5.74, 6) is 0.222. The van der Waals surface area contributed by atoms with E-state index in [1.807, 2.05) is 64.4 Å². The molecule has 2 aliphatic rings. The Labute approximate surface area is 159 Å². The van der Waals surface area contributed by atoms with Crippen LogP contribution in [-0.2, 0) is 16.1 Å². The Balaban J connectivity index is 1.45. The Hall–Kier alpha value is -2.66. The van der Waals surface area contributed by atoms with Crippen molar-refractivity contribution in [2.45, 2.75) is 25.5 Å². The minimum atomic E-state index is -0.0886. The number of hydrogen-bond donors (Lipinski definition) is 0. The second kappa shape index (κ2) is 7.92. The van der Waals surface area contributed by atoms with Crippen molar-refractivity contribution in [1.29, 1.82) is 0 Å². The third-order valence-electron chi connectivity index (χ3n) is 5.24. The maximum atomic E-state index is 13.0. The fourth-order valence-corrected chi connectivity index (χ4v) is 3.78. The molecular weight excluding hydrogens is 340 g/mol. The molecule has 27 heavy (non-hydrogen) atoms. The summed E-state index contributed by atoms with van der Waals surface area (Å²) in [5, 5.41) is 0. The van der Waals surface area contributed by atoms with E-state index in [-0.39, 0.29) is 17.9 Å². The van der Waals surface area contributed by atoms with Gasteiger partial charge in [0.25, 0.3) is 5.91 Å². The average Bonchev–Trinajstić information content (AvgIpc) is 3.13. The normalized spacial score (nSPS) is 20.1. The van der Waals surface area contributed by atoms with Crippen molar-refractivity contribution in [3.8, 4) is 0 Å². The fourth-order valence-electron chi connectivity index (χ4n) is 3.78. The van der Waals surface area contributed by atoms with Gasteiger partial charge in [-0.3, -0.25) is 9.59 Å². The summed E-state index contributed by atoms with van der Waals surface area (Å²) < 4.78 is 5.87. The lowest BCUT2D eigenvalue weighted by Crippen LogP contribution is -2.42. The summed E-state index contributed by atoms with van der Waals surface area (Å²) in [6.07, 6.45) is 1.47. The van der Waals surface area contributed by atoms with Crippen molar-refractivity contribution in [2.24, 2.45) is 0 Å². The Morgan fingerprint density at radius 2 is 1.93 bits per heavy atom. The molecule has 2 aromatic rings. The summed E-state index contributed by atoms with van der Waals surface area (Å²) in [6, 6.07) is 17.7. The van der Waals surface area contributed by atoms with Crippen molar-refractivity contribution in [2.75, 3.05) is 26.2 Å². The van der Waals surface area contributed by atoms with Crippen LogP contribution in [0, 0.1) is 0 Å². The number of carbonyl (C=O) groups is 2. The molecule has 2 saturated heterocycles. The van der Waals surface area contributed by atoms with Gasteiger partial charge in [0.1, 0.15) is 6.10 Å². The Kier molecular flexibility index (Phi) is 5.21. The van der Waals surface area contributed by atoms with E-state index in [9.17, 15) is 9.59 Å². The summed E-state index contributed by atoms with van der Waals surface area (Å²) in [6.45, 7) is 3.07. The van der Waals surface area contributed by atoms with Gasteiger partial charge in [-0.05, 0) is 29.7 Å². The van der Waals surface area contributed by atoms with Crippen molar-refractivity contribution >= 4 is 11.8 Å².